The quantitative estimate of drug-likeness (QED) is 0.374. The van der Waals surface area contributed by atoms with Crippen LogP contribution in [0.25, 0.3) is 11.3 Å². The number of aryl methyl sites for hydroxylation is 2. The average Bonchev–Trinajstić information content (AvgIpc) is 3.24. The molecular formula is C29H32FN5OS. The first-order chi connectivity index (χ1) is 17.4. The highest BCUT2D eigenvalue weighted by atomic mass is 32.1. The third kappa shape index (κ3) is 5.87. The number of hydrogen-bond donors (Lipinski definition) is 2. The highest BCUT2D eigenvalue weighted by Gasteiger charge is 2.29. The summed E-state index contributed by atoms with van der Waals surface area (Å²) in [5.74, 6) is 1.22. The Morgan fingerprint density at radius 2 is 1.59 bits per heavy atom. The number of halogens is 1. The van der Waals surface area contributed by atoms with Gasteiger partial charge in [0.25, 0.3) is 0 Å². The van der Waals surface area contributed by atoms with Gasteiger partial charge < -0.3 is 20.5 Å². The molecule has 2 heterocycles. The number of aromatic nitrogens is 2. The van der Waals surface area contributed by atoms with E-state index in [9.17, 15) is 9.18 Å². The van der Waals surface area contributed by atoms with Crippen molar-refractivity contribution >= 4 is 30.9 Å². The number of fused-ring (bicyclic) bond motifs is 1. The van der Waals surface area contributed by atoms with E-state index in [-0.39, 0.29) is 25.2 Å². The highest BCUT2D eigenvalue weighted by molar-refractivity contribution is 7.59. The molecule has 1 atom stereocenters. The maximum atomic E-state index is 13.6. The molecule has 0 bridgehead atoms. The number of nitrogens with two attached hydrogens (primary N) is 1. The zero-order valence-corrected chi connectivity index (χ0v) is 22.0. The summed E-state index contributed by atoms with van der Waals surface area (Å²) in [5, 5.41) is 3.50. The zero-order chi connectivity index (χ0) is 25.2. The van der Waals surface area contributed by atoms with Gasteiger partial charge in [-0.25, -0.2) is 9.37 Å². The molecule has 1 aliphatic heterocycles. The number of imidazole rings is 1. The molecule has 37 heavy (non-hydrogen) atoms. The van der Waals surface area contributed by atoms with Gasteiger partial charge in [0.1, 0.15) is 23.2 Å². The molecule has 0 unspecified atom stereocenters. The van der Waals surface area contributed by atoms with Gasteiger partial charge >= 0.3 is 0 Å². The van der Waals surface area contributed by atoms with Crippen molar-refractivity contribution in [3.63, 3.8) is 0 Å². The summed E-state index contributed by atoms with van der Waals surface area (Å²) in [5.41, 5.74) is 12.2. The highest BCUT2D eigenvalue weighted by Crippen LogP contribution is 2.33. The van der Waals surface area contributed by atoms with Gasteiger partial charge in [0.15, 0.2) is 0 Å². The van der Waals surface area contributed by atoms with Crippen LogP contribution in [0.3, 0.4) is 0 Å². The number of carbonyl (C=O) groups excluding carboxylic acids is 1. The standard InChI is InChI=1S/C29H30FN5O.H2S/c1-19-3-7-21(8-4-19)17-25(31)29(36)34-15-16-35-26(18-34)33-27(22-9-11-23(30)12-10-22)28(35)32-24-13-5-20(2)6-14-24;/h3-14,25,32H,15-18,31H2,1-2H3;1H2/t25-;/m0./s1. The molecule has 5 rings (SSSR count). The Morgan fingerprint density at radius 3 is 2.24 bits per heavy atom. The predicted molar refractivity (Wildman–Crippen MR) is 151 cm³/mol. The number of amides is 1. The van der Waals surface area contributed by atoms with Gasteiger partial charge in [-0.05, 0) is 62.2 Å². The lowest BCUT2D eigenvalue weighted by Gasteiger charge is -2.30. The Kier molecular flexibility index (Phi) is 8.00. The number of rotatable bonds is 6. The molecule has 1 aromatic heterocycles. The summed E-state index contributed by atoms with van der Waals surface area (Å²) in [6.07, 6.45) is 0.491. The van der Waals surface area contributed by atoms with Crippen LogP contribution in [-0.2, 0) is 24.3 Å². The van der Waals surface area contributed by atoms with E-state index in [0.29, 0.717) is 26.1 Å². The minimum absolute atomic E-state index is 0. The smallest absolute Gasteiger partial charge is 0.240 e. The molecule has 1 amide bonds. The van der Waals surface area contributed by atoms with Crippen LogP contribution in [-0.4, -0.2) is 32.9 Å². The van der Waals surface area contributed by atoms with E-state index < -0.39 is 6.04 Å². The summed E-state index contributed by atoms with van der Waals surface area (Å²) >= 11 is 0. The number of benzene rings is 3. The van der Waals surface area contributed by atoms with Crippen LogP contribution in [0.1, 0.15) is 22.5 Å². The normalized spacial score (nSPS) is 13.5. The summed E-state index contributed by atoms with van der Waals surface area (Å²) in [7, 11) is 0. The predicted octanol–water partition coefficient (Wildman–Crippen LogP) is 5.07. The molecule has 8 heteroatoms. The number of nitrogens with zero attached hydrogens (tertiary/aromatic N) is 3. The van der Waals surface area contributed by atoms with E-state index in [1.54, 1.807) is 17.0 Å². The van der Waals surface area contributed by atoms with Crippen LogP contribution < -0.4 is 11.1 Å². The number of hydrogen-bond acceptors (Lipinski definition) is 4. The molecule has 0 saturated carbocycles. The summed E-state index contributed by atoms with van der Waals surface area (Å²) in [6, 6.07) is 21.9. The molecule has 0 radical (unpaired) electrons. The molecule has 0 fully saturated rings. The van der Waals surface area contributed by atoms with Gasteiger partial charge in [0, 0.05) is 24.3 Å². The molecule has 3 N–H and O–H groups in total. The van der Waals surface area contributed by atoms with Crippen molar-refractivity contribution in [2.45, 2.75) is 39.4 Å². The van der Waals surface area contributed by atoms with E-state index in [2.05, 4.69) is 9.88 Å². The van der Waals surface area contributed by atoms with Crippen molar-refractivity contribution in [3.05, 3.63) is 101 Å². The van der Waals surface area contributed by atoms with Crippen LogP contribution in [0.15, 0.2) is 72.8 Å². The first-order valence-electron chi connectivity index (χ1n) is 12.2. The molecule has 4 aromatic rings. The Labute approximate surface area is 223 Å². The van der Waals surface area contributed by atoms with E-state index in [4.69, 9.17) is 10.7 Å². The Hall–Kier alpha value is -3.62. The second kappa shape index (κ2) is 11.2. The largest absolute Gasteiger partial charge is 0.340 e. The second-order valence-corrected chi connectivity index (χ2v) is 9.43. The van der Waals surface area contributed by atoms with Crippen molar-refractivity contribution < 1.29 is 9.18 Å². The molecule has 0 spiro atoms. The van der Waals surface area contributed by atoms with Gasteiger partial charge in [-0.1, -0.05) is 47.5 Å². The number of anilines is 2. The lowest BCUT2D eigenvalue weighted by Crippen LogP contribution is -2.47. The van der Waals surface area contributed by atoms with Crippen LogP contribution in [0.4, 0.5) is 15.9 Å². The lowest BCUT2D eigenvalue weighted by atomic mass is 10.0. The monoisotopic (exact) mass is 517 g/mol. The van der Waals surface area contributed by atoms with Gasteiger partial charge in [-0.15, -0.1) is 0 Å². The maximum Gasteiger partial charge on any atom is 0.240 e. The Bertz CT molecular complexity index is 1370. The molecule has 0 aliphatic carbocycles. The first-order valence-corrected chi connectivity index (χ1v) is 12.2. The topological polar surface area (TPSA) is 76.2 Å². The summed E-state index contributed by atoms with van der Waals surface area (Å²) < 4.78 is 15.7. The molecule has 0 saturated heterocycles. The summed E-state index contributed by atoms with van der Waals surface area (Å²) in [6.45, 7) is 5.57. The minimum atomic E-state index is -0.615. The van der Waals surface area contributed by atoms with Crippen molar-refractivity contribution in [1.82, 2.24) is 14.5 Å². The minimum Gasteiger partial charge on any atom is -0.340 e. The van der Waals surface area contributed by atoms with E-state index in [1.807, 2.05) is 62.4 Å². The van der Waals surface area contributed by atoms with E-state index >= 15 is 0 Å². The number of nitrogens with one attached hydrogen (secondary N) is 1. The Morgan fingerprint density at radius 1 is 0.973 bits per heavy atom. The molecule has 3 aromatic carbocycles. The van der Waals surface area contributed by atoms with E-state index in [1.165, 1.54) is 23.3 Å². The average molecular weight is 518 g/mol. The van der Waals surface area contributed by atoms with Crippen LogP contribution in [0, 0.1) is 19.7 Å². The summed E-state index contributed by atoms with van der Waals surface area (Å²) in [4.78, 5) is 19.9. The number of carbonyl (C=O) groups is 1. The third-order valence-corrected chi connectivity index (χ3v) is 6.61. The van der Waals surface area contributed by atoms with Crippen molar-refractivity contribution in [3.8, 4) is 11.3 Å². The van der Waals surface area contributed by atoms with Crippen LogP contribution in [0.2, 0.25) is 0 Å². The molecule has 192 valence electrons. The molecule has 1 aliphatic rings. The fourth-order valence-electron chi connectivity index (χ4n) is 4.53. The Balaban J connectivity index is 0.00000320. The van der Waals surface area contributed by atoms with Gasteiger partial charge in [0.2, 0.25) is 5.91 Å². The van der Waals surface area contributed by atoms with Crippen molar-refractivity contribution in [2.75, 3.05) is 11.9 Å². The van der Waals surface area contributed by atoms with Crippen LogP contribution in [0.5, 0.6) is 0 Å². The molecular weight excluding hydrogens is 485 g/mol. The van der Waals surface area contributed by atoms with Gasteiger partial charge in [-0.3, -0.25) is 4.79 Å². The fourth-order valence-corrected chi connectivity index (χ4v) is 4.53. The van der Waals surface area contributed by atoms with Crippen LogP contribution >= 0.6 is 13.5 Å². The first kappa shape index (κ1) is 26.4. The molecule has 6 nitrogen and oxygen atoms in total. The second-order valence-electron chi connectivity index (χ2n) is 9.43. The SMILES string of the molecule is Cc1ccc(C[C@H](N)C(=O)N2CCn3c(nc(-c4ccc(F)cc4)c3Nc3ccc(C)cc3)C2)cc1.S. The lowest BCUT2D eigenvalue weighted by molar-refractivity contribution is -0.134. The fraction of sp³-hybridized carbons (Fsp3) is 0.241. The van der Waals surface area contributed by atoms with E-state index in [0.717, 1.165) is 34.2 Å². The zero-order valence-electron chi connectivity index (χ0n) is 21.0. The third-order valence-electron chi connectivity index (χ3n) is 6.61. The maximum absolute atomic E-state index is 13.6. The van der Waals surface area contributed by atoms with Crippen molar-refractivity contribution in [1.29, 1.82) is 0 Å². The van der Waals surface area contributed by atoms with Gasteiger partial charge in [0.05, 0.1) is 12.6 Å². The van der Waals surface area contributed by atoms with Crippen molar-refractivity contribution in [2.24, 2.45) is 5.73 Å². The van der Waals surface area contributed by atoms with Gasteiger partial charge in [-0.2, -0.15) is 13.5 Å².